The molecule has 0 saturated carbocycles. The number of hydrogen-bond donors (Lipinski definition) is 1. The van der Waals surface area contributed by atoms with Crippen LogP contribution in [0.4, 0.5) is 0 Å². The van der Waals surface area contributed by atoms with Gasteiger partial charge >= 0.3 is 0 Å². The molecule has 0 aliphatic rings. The number of amides is 1. The maximum Gasteiger partial charge on any atom is 0.220 e. The molecular weight excluding hydrogens is 281 g/mol. The molecule has 0 spiro atoms. The van der Waals surface area contributed by atoms with Crippen molar-refractivity contribution in [2.45, 2.75) is 39.2 Å². The lowest BCUT2D eigenvalue weighted by atomic mass is 9.96. The SMILES string of the molecule is CC(C)C(NC(=O)CCCCCl)c1ccc(Cl)cc1. The number of carbonyl (C=O) groups excluding carboxylic acids is 1. The minimum atomic E-state index is 0.0285. The number of benzene rings is 1. The second-order valence-corrected chi connectivity index (χ2v) is 5.80. The Morgan fingerprint density at radius 1 is 1.21 bits per heavy atom. The number of carbonyl (C=O) groups is 1. The van der Waals surface area contributed by atoms with Crippen molar-refractivity contribution in [1.29, 1.82) is 0 Å². The fraction of sp³-hybridized carbons (Fsp3) is 0.533. The highest BCUT2D eigenvalue weighted by Gasteiger charge is 2.17. The molecule has 1 amide bonds. The largest absolute Gasteiger partial charge is 0.349 e. The van der Waals surface area contributed by atoms with Crippen LogP contribution in [0.5, 0.6) is 0 Å². The topological polar surface area (TPSA) is 29.1 Å². The Morgan fingerprint density at radius 3 is 2.37 bits per heavy atom. The van der Waals surface area contributed by atoms with Gasteiger partial charge in [-0.05, 0) is 36.5 Å². The molecule has 0 heterocycles. The summed E-state index contributed by atoms with van der Waals surface area (Å²) in [6.45, 7) is 4.19. The van der Waals surface area contributed by atoms with Gasteiger partial charge in [0.1, 0.15) is 0 Å². The Kier molecular flexibility index (Phi) is 7.25. The third kappa shape index (κ3) is 5.84. The summed E-state index contributed by atoms with van der Waals surface area (Å²) in [7, 11) is 0. The third-order valence-corrected chi connectivity index (χ3v) is 3.52. The average molecular weight is 302 g/mol. The van der Waals surface area contributed by atoms with Gasteiger partial charge in [0.15, 0.2) is 0 Å². The van der Waals surface area contributed by atoms with Crippen LogP contribution in [-0.4, -0.2) is 11.8 Å². The molecule has 1 aromatic carbocycles. The lowest BCUT2D eigenvalue weighted by molar-refractivity contribution is -0.122. The van der Waals surface area contributed by atoms with E-state index in [-0.39, 0.29) is 11.9 Å². The van der Waals surface area contributed by atoms with Gasteiger partial charge < -0.3 is 5.32 Å². The molecule has 0 bridgehead atoms. The predicted octanol–water partition coefficient (Wildman–Crippen LogP) is 4.56. The van der Waals surface area contributed by atoms with E-state index in [0.717, 1.165) is 18.4 Å². The molecule has 4 heteroatoms. The fourth-order valence-electron chi connectivity index (χ4n) is 1.93. The number of alkyl halides is 1. The molecule has 1 N–H and O–H groups in total. The second-order valence-electron chi connectivity index (χ2n) is 4.99. The number of nitrogens with one attached hydrogen (secondary N) is 1. The van der Waals surface area contributed by atoms with Crippen LogP contribution in [0.1, 0.15) is 44.7 Å². The molecule has 19 heavy (non-hydrogen) atoms. The van der Waals surface area contributed by atoms with Gasteiger partial charge in [0, 0.05) is 17.3 Å². The van der Waals surface area contributed by atoms with E-state index in [1.54, 1.807) is 0 Å². The van der Waals surface area contributed by atoms with Crippen LogP contribution in [-0.2, 0) is 4.79 Å². The van der Waals surface area contributed by atoms with E-state index in [2.05, 4.69) is 19.2 Å². The van der Waals surface area contributed by atoms with Crippen molar-refractivity contribution in [3.8, 4) is 0 Å². The van der Waals surface area contributed by atoms with Crippen LogP contribution in [0, 0.1) is 5.92 Å². The summed E-state index contributed by atoms with van der Waals surface area (Å²) in [5, 5.41) is 3.79. The molecule has 2 nitrogen and oxygen atoms in total. The highest BCUT2D eigenvalue weighted by molar-refractivity contribution is 6.30. The molecule has 0 aliphatic carbocycles. The van der Waals surface area contributed by atoms with Gasteiger partial charge in [-0.1, -0.05) is 37.6 Å². The number of halogens is 2. The van der Waals surface area contributed by atoms with Crippen molar-refractivity contribution < 1.29 is 4.79 Å². The van der Waals surface area contributed by atoms with E-state index in [1.807, 2.05) is 24.3 Å². The molecule has 1 rings (SSSR count). The minimum absolute atomic E-state index is 0.0285. The Hall–Kier alpha value is -0.730. The van der Waals surface area contributed by atoms with Crippen molar-refractivity contribution in [3.05, 3.63) is 34.9 Å². The Balaban J connectivity index is 2.63. The molecule has 0 radical (unpaired) electrons. The van der Waals surface area contributed by atoms with Crippen LogP contribution >= 0.6 is 23.2 Å². The summed E-state index contributed by atoms with van der Waals surface area (Å²) in [6, 6.07) is 7.66. The lowest BCUT2D eigenvalue weighted by Gasteiger charge is -2.23. The molecular formula is C15H21Cl2NO. The zero-order valence-electron chi connectivity index (χ0n) is 11.5. The normalized spacial score (nSPS) is 12.5. The van der Waals surface area contributed by atoms with Gasteiger partial charge in [-0.25, -0.2) is 0 Å². The van der Waals surface area contributed by atoms with Gasteiger partial charge in [0.25, 0.3) is 0 Å². The Labute approximate surface area is 125 Å². The van der Waals surface area contributed by atoms with Crippen LogP contribution in [0.3, 0.4) is 0 Å². The first-order chi connectivity index (χ1) is 9.04. The van der Waals surface area contributed by atoms with Gasteiger partial charge in [-0.3, -0.25) is 4.79 Å². The molecule has 0 fully saturated rings. The molecule has 1 unspecified atom stereocenters. The molecule has 0 saturated heterocycles. The highest BCUT2D eigenvalue weighted by Crippen LogP contribution is 2.23. The van der Waals surface area contributed by atoms with Gasteiger partial charge in [-0.2, -0.15) is 0 Å². The summed E-state index contributed by atoms with van der Waals surface area (Å²) >= 11 is 11.5. The summed E-state index contributed by atoms with van der Waals surface area (Å²) < 4.78 is 0. The first-order valence-corrected chi connectivity index (χ1v) is 7.56. The van der Waals surface area contributed by atoms with Crippen molar-refractivity contribution in [3.63, 3.8) is 0 Å². The average Bonchev–Trinajstić information content (AvgIpc) is 2.37. The molecule has 1 atom stereocenters. The van der Waals surface area contributed by atoms with Crippen LogP contribution < -0.4 is 5.32 Å². The van der Waals surface area contributed by atoms with Crippen molar-refractivity contribution in [2.75, 3.05) is 5.88 Å². The predicted molar refractivity (Wildman–Crippen MR) is 81.7 cm³/mol. The fourth-order valence-corrected chi connectivity index (χ4v) is 2.25. The number of rotatable bonds is 7. The van der Waals surface area contributed by atoms with E-state index >= 15 is 0 Å². The van der Waals surface area contributed by atoms with Crippen molar-refractivity contribution in [2.24, 2.45) is 5.92 Å². The van der Waals surface area contributed by atoms with E-state index in [4.69, 9.17) is 23.2 Å². The molecule has 1 aromatic rings. The second kappa shape index (κ2) is 8.44. The number of unbranched alkanes of at least 4 members (excludes halogenated alkanes) is 1. The van der Waals surface area contributed by atoms with Gasteiger partial charge in [-0.15, -0.1) is 11.6 Å². The summed E-state index contributed by atoms with van der Waals surface area (Å²) in [5.41, 5.74) is 1.09. The van der Waals surface area contributed by atoms with E-state index in [0.29, 0.717) is 23.2 Å². The molecule has 106 valence electrons. The van der Waals surface area contributed by atoms with Crippen molar-refractivity contribution >= 4 is 29.1 Å². The Morgan fingerprint density at radius 2 is 1.84 bits per heavy atom. The maximum atomic E-state index is 11.9. The monoisotopic (exact) mass is 301 g/mol. The summed E-state index contributed by atoms with van der Waals surface area (Å²) in [4.78, 5) is 11.9. The highest BCUT2D eigenvalue weighted by atomic mass is 35.5. The van der Waals surface area contributed by atoms with Gasteiger partial charge in [0.05, 0.1) is 6.04 Å². The minimum Gasteiger partial charge on any atom is -0.349 e. The summed E-state index contributed by atoms with van der Waals surface area (Å²) in [6.07, 6.45) is 2.24. The van der Waals surface area contributed by atoms with Crippen LogP contribution in [0.2, 0.25) is 5.02 Å². The zero-order chi connectivity index (χ0) is 14.3. The maximum absolute atomic E-state index is 11.9. The first-order valence-electron chi connectivity index (χ1n) is 6.65. The standard InChI is InChI=1S/C15H21Cl2NO/c1-11(2)15(12-6-8-13(17)9-7-12)18-14(19)5-3-4-10-16/h6-9,11,15H,3-5,10H2,1-2H3,(H,18,19). The molecule has 0 aliphatic heterocycles. The zero-order valence-corrected chi connectivity index (χ0v) is 13.0. The first kappa shape index (κ1) is 16.3. The smallest absolute Gasteiger partial charge is 0.220 e. The third-order valence-electron chi connectivity index (χ3n) is 3.00. The van der Waals surface area contributed by atoms with Crippen LogP contribution in [0.15, 0.2) is 24.3 Å². The number of hydrogen-bond acceptors (Lipinski definition) is 1. The summed E-state index contributed by atoms with van der Waals surface area (Å²) in [5.74, 6) is 1.02. The quantitative estimate of drug-likeness (QED) is 0.580. The van der Waals surface area contributed by atoms with Crippen LogP contribution in [0.25, 0.3) is 0 Å². The Bertz CT molecular complexity index is 390. The van der Waals surface area contributed by atoms with E-state index in [9.17, 15) is 4.79 Å². The molecule has 0 aromatic heterocycles. The van der Waals surface area contributed by atoms with E-state index < -0.39 is 0 Å². The van der Waals surface area contributed by atoms with Crippen molar-refractivity contribution in [1.82, 2.24) is 5.32 Å². The lowest BCUT2D eigenvalue weighted by Crippen LogP contribution is -2.31. The van der Waals surface area contributed by atoms with Gasteiger partial charge in [0.2, 0.25) is 5.91 Å². The van der Waals surface area contributed by atoms with E-state index in [1.165, 1.54) is 0 Å².